The maximum absolute atomic E-state index is 11.7. The molecule has 2 N–H and O–H groups in total. The third kappa shape index (κ3) is 2.54. The third-order valence-electron chi connectivity index (χ3n) is 4.23. The summed E-state index contributed by atoms with van der Waals surface area (Å²) in [6.07, 6.45) is 3.53. The van der Waals surface area contributed by atoms with Crippen LogP contribution in [-0.4, -0.2) is 40.1 Å². The first-order valence-electron chi connectivity index (χ1n) is 7.68. The number of ether oxygens (including phenoxy) is 1. The van der Waals surface area contributed by atoms with Gasteiger partial charge in [0.05, 0.1) is 23.0 Å². The van der Waals surface area contributed by atoms with Crippen LogP contribution in [0.4, 0.5) is 5.69 Å². The number of aromatic nitrogens is 2. The van der Waals surface area contributed by atoms with Gasteiger partial charge in [-0.25, -0.2) is 4.79 Å². The summed E-state index contributed by atoms with van der Waals surface area (Å²) in [6, 6.07) is 2.14. The van der Waals surface area contributed by atoms with Gasteiger partial charge in [0, 0.05) is 31.2 Å². The van der Waals surface area contributed by atoms with Crippen LogP contribution in [0.5, 0.6) is 0 Å². The number of hydrogen-bond acceptors (Lipinski definition) is 4. The van der Waals surface area contributed by atoms with Crippen molar-refractivity contribution in [3.63, 3.8) is 0 Å². The van der Waals surface area contributed by atoms with Crippen LogP contribution in [-0.2, 0) is 11.3 Å². The molecule has 1 aromatic heterocycles. The summed E-state index contributed by atoms with van der Waals surface area (Å²) in [5.74, 6) is -0.904. The summed E-state index contributed by atoms with van der Waals surface area (Å²) < 4.78 is 7.27. The van der Waals surface area contributed by atoms with Gasteiger partial charge in [-0.3, -0.25) is 4.68 Å². The minimum Gasteiger partial charge on any atom is -0.478 e. The molecule has 1 saturated heterocycles. The second kappa shape index (κ2) is 5.96. The lowest BCUT2D eigenvalue weighted by molar-refractivity contribution is 0.0697. The van der Waals surface area contributed by atoms with Crippen LogP contribution in [0, 0.1) is 6.92 Å². The molecule has 1 fully saturated rings. The highest BCUT2D eigenvalue weighted by Gasteiger charge is 2.22. The van der Waals surface area contributed by atoms with Crippen LogP contribution in [0.3, 0.4) is 0 Å². The normalized spacial score (nSPS) is 16.1. The Kier molecular flexibility index (Phi) is 4.02. The Morgan fingerprint density at radius 3 is 2.86 bits per heavy atom. The first-order chi connectivity index (χ1) is 10.6. The SMILES string of the molecule is CCn1ncc2c(NC3CCOCC3)c(C(=O)O)c(C)cc21. The van der Waals surface area contributed by atoms with E-state index in [1.54, 1.807) is 6.20 Å². The summed E-state index contributed by atoms with van der Waals surface area (Å²) in [7, 11) is 0. The number of anilines is 1. The van der Waals surface area contributed by atoms with Gasteiger partial charge in [-0.05, 0) is 38.3 Å². The van der Waals surface area contributed by atoms with E-state index in [0.717, 1.165) is 35.9 Å². The van der Waals surface area contributed by atoms with Crippen LogP contribution >= 0.6 is 0 Å². The zero-order valence-electron chi connectivity index (χ0n) is 12.9. The van der Waals surface area contributed by atoms with Gasteiger partial charge in [0.25, 0.3) is 0 Å². The lowest BCUT2D eigenvalue weighted by atomic mass is 10.0. The predicted molar refractivity (Wildman–Crippen MR) is 84.6 cm³/mol. The number of aryl methyl sites for hydroxylation is 2. The number of benzene rings is 1. The summed E-state index contributed by atoms with van der Waals surface area (Å²) >= 11 is 0. The van der Waals surface area contributed by atoms with Crippen molar-refractivity contribution in [3.8, 4) is 0 Å². The van der Waals surface area contributed by atoms with E-state index < -0.39 is 5.97 Å². The van der Waals surface area contributed by atoms with Gasteiger partial charge in [-0.1, -0.05) is 0 Å². The van der Waals surface area contributed by atoms with Crippen molar-refractivity contribution in [1.29, 1.82) is 0 Å². The highest BCUT2D eigenvalue weighted by atomic mass is 16.5. The minimum absolute atomic E-state index is 0.238. The summed E-state index contributed by atoms with van der Waals surface area (Å²) in [5.41, 5.74) is 2.76. The monoisotopic (exact) mass is 303 g/mol. The van der Waals surface area contributed by atoms with E-state index in [0.29, 0.717) is 24.5 Å². The largest absolute Gasteiger partial charge is 0.478 e. The van der Waals surface area contributed by atoms with Crippen molar-refractivity contribution < 1.29 is 14.6 Å². The second-order valence-electron chi connectivity index (χ2n) is 5.67. The fraction of sp³-hybridized carbons (Fsp3) is 0.500. The van der Waals surface area contributed by atoms with Crippen molar-refractivity contribution in [3.05, 3.63) is 23.4 Å². The zero-order chi connectivity index (χ0) is 15.7. The number of fused-ring (bicyclic) bond motifs is 1. The Hall–Kier alpha value is -2.08. The minimum atomic E-state index is -0.904. The van der Waals surface area contributed by atoms with Crippen LogP contribution in [0.15, 0.2) is 12.3 Å². The van der Waals surface area contributed by atoms with Crippen LogP contribution in [0.25, 0.3) is 10.9 Å². The molecule has 22 heavy (non-hydrogen) atoms. The number of nitrogens with zero attached hydrogens (tertiary/aromatic N) is 2. The lowest BCUT2D eigenvalue weighted by Crippen LogP contribution is -2.28. The fourth-order valence-electron chi connectivity index (χ4n) is 3.07. The summed E-state index contributed by atoms with van der Waals surface area (Å²) in [4.78, 5) is 11.7. The van der Waals surface area contributed by atoms with Gasteiger partial charge in [-0.2, -0.15) is 5.10 Å². The Morgan fingerprint density at radius 1 is 1.50 bits per heavy atom. The quantitative estimate of drug-likeness (QED) is 0.908. The average molecular weight is 303 g/mol. The molecule has 118 valence electrons. The molecule has 2 heterocycles. The molecule has 0 spiro atoms. The third-order valence-corrected chi connectivity index (χ3v) is 4.23. The van der Waals surface area contributed by atoms with Crippen LogP contribution < -0.4 is 5.32 Å². The second-order valence-corrected chi connectivity index (χ2v) is 5.67. The molecule has 2 aromatic rings. The Balaban J connectivity index is 2.12. The fourth-order valence-corrected chi connectivity index (χ4v) is 3.07. The van der Waals surface area contributed by atoms with Gasteiger partial charge in [-0.15, -0.1) is 0 Å². The standard InChI is InChI=1S/C16H21N3O3/c1-3-19-13-8-10(2)14(16(20)21)15(12(13)9-17-19)18-11-4-6-22-7-5-11/h8-9,11,18H,3-7H2,1-2H3,(H,20,21). The predicted octanol–water partition coefficient (Wildman–Crippen LogP) is 2.65. The lowest BCUT2D eigenvalue weighted by Gasteiger charge is -2.25. The Bertz CT molecular complexity index is 702. The average Bonchev–Trinajstić information content (AvgIpc) is 2.90. The molecule has 3 rings (SSSR count). The van der Waals surface area contributed by atoms with Crippen molar-refractivity contribution >= 4 is 22.6 Å². The molecule has 1 aliphatic heterocycles. The molecule has 1 aromatic carbocycles. The Labute approximate surface area is 129 Å². The maximum Gasteiger partial charge on any atom is 0.338 e. The first kappa shape index (κ1) is 14.8. The number of carboxylic acids is 1. The molecular formula is C16H21N3O3. The van der Waals surface area contributed by atoms with Crippen LogP contribution in [0.1, 0.15) is 35.7 Å². The molecule has 0 radical (unpaired) electrons. The van der Waals surface area contributed by atoms with Crippen molar-refractivity contribution in [2.45, 2.75) is 39.3 Å². The topological polar surface area (TPSA) is 76.4 Å². The molecule has 0 bridgehead atoms. The maximum atomic E-state index is 11.7. The molecule has 0 amide bonds. The molecule has 1 aliphatic rings. The van der Waals surface area contributed by atoms with E-state index in [-0.39, 0.29) is 6.04 Å². The molecule has 0 atom stereocenters. The molecule has 6 nitrogen and oxygen atoms in total. The van der Waals surface area contributed by atoms with Gasteiger partial charge in [0.15, 0.2) is 0 Å². The van der Waals surface area contributed by atoms with Crippen molar-refractivity contribution in [1.82, 2.24) is 9.78 Å². The smallest absolute Gasteiger partial charge is 0.338 e. The van der Waals surface area contributed by atoms with E-state index in [2.05, 4.69) is 10.4 Å². The number of carbonyl (C=O) groups is 1. The van der Waals surface area contributed by atoms with Gasteiger partial charge in [0.1, 0.15) is 0 Å². The molecule has 0 saturated carbocycles. The molecule has 0 unspecified atom stereocenters. The summed E-state index contributed by atoms with van der Waals surface area (Å²) in [6.45, 7) is 6.04. The van der Waals surface area contributed by atoms with Crippen LogP contribution in [0.2, 0.25) is 0 Å². The van der Waals surface area contributed by atoms with Gasteiger partial charge >= 0.3 is 5.97 Å². The zero-order valence-corrected chi connectivity index (χ0v) is 12.9. The number of rotatable bonds is 4. The number of hydrogen-bond donors (Lipinski definition) is 2. The van der Waals surface area contributed by atoms with E-state index in [4.69, 9.17) is 4.74 Å². The first-order valence-corrected chi connectivity index (χ1v) is 7.68. The van der Waals surface area contributed by atoms with E-state index in [1.807, 2.05) is 24.6 Å². The molecule has 0 aliphatic carbocycles. The molecular weight excluding hydrogens is 282 g/mol. The van der Waals surface area contributed by atoms with Crippen molar-refractivity contribution in [2.24, 2.45) is 0 Å². The van der Waals surface area contributed by atoms with Gasteiger partial charge < -0.3 is 15.2 Å². The Morgan fingerprint density at radius 2 is 2.23 bits per heavy atom. The number of carboxylic acid groups (broad SMARTS) is 1. The highest BCUT2D eigenvalue weighted by molar-refractivity contribution is 6.06. The van der Waals surface area contributed by atoms with Crippen molar-refractivity contribution in [2.75, 3.05) is 18.5 Å². The number of nitrogens with one attached hydrogen (secondary N) is 1. The molecule has 6 heteroatoms. The summed E-state index contributed by atoms with van der Waals surface area (Å²) in [5, 5.41) is 18.3. The number of aromatic carboxylic acids is 1. The van der Waals surface area contributed by atoms with E-state index in [9.17, 15) is 9.90 Å². The van der Waals surface area contributed by atoms with Gasteiger partial charge in [0.2, 0.25) is 0 Å². The van der Waals surface area contributed by atoms with E-state index >= 15 is 0 Å². The van der Waals surface area contributed by atoms with E-state index in [1.165, 1.54) is 0 Å². The highest BCUT2D eigenvalue weighted by Crippen LogP contribution is 2.32.